The van der Waals surface area contributed by atoms with Gasteiger partial charge >= 0.3 is 5.97 Å². The largest absolute Gasteiger partial charge is 0.468 e. The molecule has 0 aromatic heterocycles. The van der Waals surface area contributed by atoms with E-state index in [4.69, 9.17) is 4.74 Å². The first-order chi connectivity index (χ1) is 9.17. The Morgan fingerprint density at radius 1 is 1.37 bits per heavy atom. The molecular formula is C15H28N2O2. The number of methoxy groups -OCH3 is 1. The van der Waals surface area contributed by atoms with Crippen molar-refractivity contribution in [2.75, 3.05) is 27.2 Å². The summed E-state index contributed by atoms with van der Waals surface area (Å²) in [6.07, 6.45) is 7.29. The van der Waals surface area contributed by atoms with Gasteiger partial charge in [0.25, 0.3) is 0 Å². The summed E-state index contributed by atoms with van der Waals surface area (Å²) in [5.41, 5.74) is -0.487. The summed E-state index contributed by atoms with van der Waals surface area (Å²) in [5.74, 6) is 0.363. The SMILES string of the molecule is CCC1CCCCN1CC(NC)(C(=O)OC)C1CC1. The Bertz CT molecular complexity index is 317. The highest BCUT2D eigenvalue weighted by molar-refractivity contribution is 5.82. The molecule has 4 nitrogen and oxygen atoms in total. The van der Waals surface area contributed by atoms with Gasteiger partial charge in [-0.1, -0.05) is 13.3 Å². The Kier molecular flexibility index (Phi) is 4.85. The van der Waals surface area contributed by atoms with E-state index < -0.39 is 5.54 Å². The maximum absolute atomic E-state index is 12.3. The Balaban J connectivity index is 2.12. The first-order valence-electron chi connectivity index (χ1n) is 7.69. The lowest BCUT2D eigenvalue weighted by Crippen LogP contribution is -2.61. The van der Waals surface area contributed by atoms with Crippen molar-refractivity contribution in [1.29, 1.82) is 0 Å². The maximum atomic E-state index is 12.3. The standard InChI is InChI=1S/C15H28N2O2/c1-4-13-7-5-6-10-17(13)11-15(16-2,12-8-9-12)14(18)19-3/h12-13,16H,4-11H2,1-3H3. The average Bonchev–Trinajstić information content (AvgIpc) is 3.29. The molecular weight excluding hydrogens is 240 g/mol. The van der Waals surface area contributed by atoms with Gasteiger partial charge in [-0.05, 0) is 51.6 Å². The summed E-state index contributed by atoms with van der Waals surface area (Å²) < 4.78 is 5.09. The van der Waals surface area contributed by atoms with Crippen LogP contribution in [0.3, 0.4) is 0 Å². The predicted octanol–water partition coefficient (Wildman–Crippen LogP) is 1.79. The summed E-state index contributed by atoms with van der Waals surface area (Å²) in [5, 5.41) is 3.30. The zero-order valence-electron chi connectivity index (χ0n) is 12.6. The van der Waals surface area contributed by atoms with Crippen LogP contribution in [-0.2, 0) is 9.53 Å². The number of esters is 1. The van der Waals surface area contributed by atoms with Crippen molar-refractivity contribution >= 4 is 5.97 Å². The van der Waals surface area contributed by atoms with E-state index in [1.54, 1.807) is 0 Å². The van der Waals surface area contributed by atoms with Crippen molar-refractivity contribution in [3.8, 4) is 0 Å². The molecule has 2 atom stereocenters. The Morgan fingerprint density at radius 3 is 2.63 bits per heavy atom. The lowest BCUT2D eigenvalue weighted by Gasteiger charge is -2.42. The summed E-state index contributed by atoms with van der Waals surface area (Å²) in [4.78, 5) is 14.8. The highest BCUT2D eigenvalue weighted by Crippen LogP contribution is 2.41. The van der Waals surface area contributed by atoms with Gasteiger partial charge in [-0.25, -0.2) is 4.79 Å². The molecule has 1 saturated carbocycles. The maximum Gasteiger partial charge on any atom is 0.327 e. The highest BCUT2D eigenvalue weighted by atomic mass is 16.5. The molecule has 0 spiro atoms. The smallest absolute Gasteiger partial charge is 0.327 e. The summed E-state index contributed by atoms with van der Waals surface area (Å²) in [7, 11) is 3.41. The van der Waals surface area contributed by atoms with E-state index in [0.717, 1.165) is 25.9 Å². The molecule has 1 aliphatic carbocycles. The fraction of sp³-hybridized carbons (Fsp3) is 0.933. The minimum Gasteiger partial charge on any atom is -0.468 e. The van der Waals surface area contributed by atoms with Crippen molar-refractivity contribution in [2.24, 2.45) is 5.92 Å². The van der Waals surface area contributed by atoms with Gasteiger partial charge in [0.15, 0.2) is 0 Å². The molecule has 4 heteroatoms. The molecule has 0 amide bonds. The van der Waals surface area contributed by atoms with E-state index in [2.05, 4.69) is 17.1 Å². The average molecular weight is 268 g/mol. The van der Waals surface area contributed by atoms with Crippen LogP contribution in [0.5, 0.6) is 0 Å². The van der Waals surface area contributed by atoms with Crippen LogP contribution < -0.4 is 5.32 Å². The molecule has 1 aliphatic heterocycles. The molecule has 0 aromatic rings. The number of carbonyl (C=O) groups is 1. The van der Waals surface area contributed by atoms with Crippen LogP contribution in [0.2, 0.25) is 0 Å². The number of ether oxygens (including phenoxy) is 1. The summed E-state index contributed by atoms with van der Waals surface area (Å²) >= 11 is 0. The first-order valence-corrected chi connectivity index (χ1v) is 7.69. The number of likely N-dealkylation sites (tertiary alicyclic amines) is 1. The minimum atomic E-state index is -0.487. The van der Waals surface area contributed by atoms with Crippen molar-refractivity contribution in [2.45, 2.75) is 57.0 Å². The third-order valence-electron chi connectivity index (χ3n) is 4.94. The third-order valence-corrected chi connectivity index (χ3v) is 4.94. The number of nitrogens with zero attached hydrogens (tertiary/aromatic N) is 1. The quantitative estimate of drug-likeness (QED) is 0.746. The molecule has 0 radical (unpaired) electrons. The van der Waals surface area contributed by atoms with Crippen LogP contribution in [0.1, 0.15) is 45.4 Å². The van der Waals surface area contributed by atoms with Gasteiger partial charge in [-0.2, -0.15) is 0 Å². The summed E-state index contributed by atoms with van der Waals surface area (Å²) in [6.45, 7) is 4.17. The van der Waals surface area contributed by atoms with Crippen molar-refractivity contribution in [3.63, 3.8) is 0 Å². The number of piperidine rings is 1. The number of carbonyl (C=O) groups excluding carboxylic acids is 1. The van der Waals surface area contributed by atoms with E-state index in [9.17, 15) is 4.79 Å². The zero-order chi connectivity index (χ0) is 13.9. The molecule has 0 aromatic carbocycles. The minimum absolute atomic E-state index is 0.0853. The Morgan fingerprint density at radius 2 is 2.11 bits per heavy atom. The molecule has 2 rings (SSSR count). The Labute approximate surface area is 116 Å². The van der Waals surface area contributed by atoms with Crippen molar-refractivity contribution < 1.29 is 9.53 Å². The van der Waals surface area contributed by atoms with Crippen LogP contribution in [0, 0.1) is 5.92 Å². The van der Waals surface area contributed by atoms with E-state index in [1.165, 1.54) is 32.8 Å². The topological polar surface area (TPSA) is 41.6 Å². The lowest BCUT2D eigenvalue weighted by molar-refractivity contribution is -0.151. The van der Waals surface area contributed by atoms with Crippen LogP contribution >= 0.6 is 0 Å². The molecule has 19 heavy (non-hydrogen) atoms. The molecule has 2 aliphatic rings. The normalized spacial score (nSPS) is 27.8. The number of nitrogens with one attached hydrogen (secondary N) is 1. The summed E-state index contributed by atoms with van der Waals surface area (Å²) in [6, 6.07) is 0.630. The van der Waals surface area contributed by atoms with Crippen LogP contribution in [0.25, 0.3) is 0 Å². The molecule has 110 valence electrons. The van der Waals surface area contributed by atoms with Crippen LogP contribution in [0.15, 0.2) is 0 Å². The van der Waals surface area contributed by atoms with E-state index in [1.807, 2.05) is 7.05 Å². The van der Waals surface area contributed by atoms with Gasteiger partial charge in [0, 0.05) is 12.6 Å². The monoisotopic (exact) mass is 268 g/mol. The van der Waals surface area contributed by atoms with Gasteiger partial charge in [0.05, 0.1) is 7.11 Å². The van der Waals surface area contributed by atoms with E-state index in [0.29, 0.717) is 12.0 Å². The first kappa shape index (κ1) is 14.8. The lowest BCUT2D eigenvalue weighted by atomic mass is 9.89. The van der Waals surface area contributed by atoms with Crippen LogP contribution in [-0.4, -0.2) is 49.7 Å². The second-order valence-corrected chi connectivity index (χ2v) is 6.02. The Hall–Kier alpha value is -0.610. The molecule has 1 heterocycles. The second-order valence-electron chi connectivity index (χ2n) is 6.02. The molecule has 0 bridgehead atoms. The number of hydrogen-bond donors (Lipinski definition) is 1. The van der Waals surface area contributed by atoms with Gasteiger partial charge in [0.1, 0.15) is 5.54 Å². The van der Waals surface area contributed by atoms with Gasteiger partial charge in [-0.15, -0.1) is 0 Å². The van der Waals surface area contributed by atoms with Crippen LogP contribution in [0.4, 0.5) is 0 Å². The second kappa shape index (κ2) is 6.23. The zero-order valence-corrected chi connectivity index (χ0v) is 12.6. The number of hydrogen-bond acceptors (Lipinski definition) is 4. The fourth-order valence-corrected chi connectivity index (χ4v) is 3.55. The van der Waals surface area contributed by atoms with E-state index >= 15 is 0 Å². The van der Waals surface area contributed by atoms with E-state index in [-0.39, 0.29) is 5.97 Å². The molecule has 1 N–H and O–H groups in total. The molecule has 2 unspecified atom stereocenters. The molecule has 2 fully saturated rings. The number of likely N-dealkylation sites (N-methyl/N-ethyl adjacent to an activating group) is 1. The third kappa shape index (κ3) is 2.95. The van der Waals surface area contributed by atoms with Gasteiger partial charge in [-0.3, -0.25) is 4.90 Å². The highest BCUT2D eigenvalue weighted by Gasteiger charge is 2.52. The van der Waals surface area contributed by atoms with Crippen molar-refractivity contribution in [1.82, 2.24) is 10.2 Å². The fourth-order valence-electron chi connectivity index (χ4n) is 3.55. The number of rotatable bonds is 6. The predicted molar refractivity (Wildman–Crippen MR) is 76.0 cm³/mol. The molecule has 1 saturated heterocycles. The van der Waals surface area contributed by atoms with Gasteiger partial charge < -0.3 is 10.1 Å². The van der Waals surface area contributed by atoms with Crippen molar-refractivity contribution in [3.05, 3.63) is 0 Å². The van der Waals surface area contributed by atoms with Gasteiger partial charge in [0.2, 0.25) is 0 Å².